The molecule has 0 aliphatic heterocycles. The maximum absolute atomic E-state index is 12.1. The molecule has 1 rings (SSSR count). The number of carboxylic acid groups (broad SMARTS) is 2. The lowest BCUT2D eigenvalue weighted by Crippen LogP contribution is -2.49. The quantitative estimate of drug-likeness (QED) is 0.401. The number of carboxylic acids is 2. The van der Waals surface area contributed by atoms with Crippen molar-refractivity contribution in [3.05, 3.63) is 34.3 Å². The minimum atomic E-state index is -1.20. The van der Waals surface area contributed by atoms with Crippen molar-refractivity contribution in [2.24, 2.45) is 0 Å². The second-order valence-corrected chi connectivity index (χ2v) is 7.21. The number of thioether (sulfide) groups is 1. The Balaban J connectivity index is 2.58. The van der Waals surface area contributed by atoms with Crippen LogP contribution in [0, 0.1) is 0 Å². The van der Waals surface area contributed by atoms with Gasteiger partial charge in [0.25, 0.3) is 0 Å². The summed E-state index contributed by atoms with van der Waals surface area (Å²) in [5.74, 6) is -2.69. The molecule has 0 aromatic heterocycles. The molecule has 4 N–H and O–H groups in total. The maximum atomic E-state index is 12.1. The van der Waals surface area contributed by atoms with Crippen molar-refractivity contribution in [1.82, 2.24) is 10.6 Å². The Morgan fingerprint density at radius 3 is 2.27 bits per heavy atom. The van der Waals surface area contributed by atoms with Gasteiger partial charge in [0.1, 0.15) is 12.6 Å². The van der Waals surface area contributed by atoms with E-state index in [9.17, 15) is 19.2 Å². The van der Waals surface area contributed by atoms with Crippen LogP contribution in [0.4, 0.5) is 0 Å². The van der Waals surface area contributed by atoms with Gasteiger partial charge in [0, 0.05) is 22.4 Å². The van der Waals surface area contributed by atoms with E-state index in [0.29, 0.717) is 5.75 Å². The van der Waals surface area contributed by atoms with E-state index in [1.54, 1.807) is 0 Å². The fourth-order valence-electron chi connectivity index (χ4n) is 1.83. The van der Waals surface area contributed by atoms with Crippen LogP contribution in [-0.4, -0.2) is 52.3 Å². The fraction of sp³-hybridized carbons (Fsp3) is 0.375. The van der Waals surface area contributed by atoms with Crippen molar-refractivity contribution in [2.45, 2.75) is 24.6 Å². The number of carbonyl (C=O) groups is 4. The van der Waals surface area contributed by atoms with Crippen LogP contribution in [0.25, 0.3) is 0 Å². The Hall–Kier alpha value is -2.07. The number of nitrogens with one attached hydrogen (secondary N) is 2. The molecule has 8 nitrogen and oxygen atoms in total. The van der Waals surface area contributed by atoms with Crippen LogP contribution in [0.5, 0.6) is 0 Å². The number of benzene rings is 1. The molecular weight excluding hydrogens is 428 g/mol. The van der Waals surface area contributed by atoms with Crippen LogP contribution in [-0.2, 0) is 24.9 Å². The molecule has 0 saturated heterocycles. The maximum Gasteiger partial charge on any atom is 0.322 e. The van der Waals surface area contributed by atoms with Gasteiger partial charge in [-0.25, -0.2) is 0 Å². The molecule has 2 amide bonds. The average Bonchev–Trinajstić information content (AvgIpc) is 2.58. The molecule has 1 aromatic rings. The molecule has 0 aliphatic carbocycles. The molecule has 0 fully saturated rings. The summed E-state index contributed by atoms with van der Waals surface area (Å²) in [5, 5.41) is 21.9. The minimum absolute atomic E-state index is 0.223. The molecule has 0 bridgehead atoms. The smallest absolute Gasteiger partial charge is 0.322 e. The van der Waals surface area contributed by atoms with Crippen LogP contribution in [0.15, 0.2) is 28.7 Å². The van der Waals surface area contributed by atoms with Crippen LogP contribution in [0.1, 0.15) is 18.4 Å². The Bertz CT molecular complexity index is 653. The van der Waals surface area contributed by atoms with Crippen molar-refractivity contribution in [2.75, 3.05) is 12.3 Å². The summed E-state index contributed by atoms with van der Waals surface area (Å²) < 4.78 is 0.947. The fourth-order valence-corrected chi connectivity index (χ4v) is 3.11. The number of carbonyl (C=O) groups excluding carboxylic acids is 2. The SMILES string of the molecule is O=C(O)CCC(=O)N[C@@H](CSCc1ccc(Br)cc1)C(=O)NCC(=O)O. The number of rotatable bonds is 11. The molecule has 1 atom stereocenters. The van der Waals surface area contributed by atoms with Gasteiger partial charge in [-0.05, 0) is 17.7 Å². The van der Waals surface area contributed by atoms with Crippen LogP contribution in [0.3, 0.4) is 0 Å². The molecule has 0 saturated carbocycles. The van der Waals surface area contributed by atoms with Gasteiger partial charge < -0.3 is 20.8 Å². The molecule has 0 radical (unpaired) electrons. The summed E-state index contributed by atoms with van der Waals surface area (Å²) in [6.45, 7) is -0.558. The molecule has 0 spiro atoms. The molecule has 142 valence electrons. The van der Waals surface area contributed by atoms with E-state index in [-0.39, 0.29) is 18.6 Å². The van der Waals surface area contributed by atoms with Crippen LogP contribution in [0.2, 0.25) is 0 Å². The predicted octanol–water partition coefficient (Wildman–Crippen LogP) is 1.23. The van der Waals surface area contributed by atoms with E-state index in [1.807, 2.05) is 24.3 Å². The van der Waals surface area contributed by atoms with E-state index in [0.717, 1.165) is 10.0 Å². The van der Waals surface area contributed by atoms with Crippen molar-refractivity contribution >= 4 is 51.4 Å². The lowest BCUT2D eigenvalue weighted by Gasteiger charge is -2.17. The zero-order chi connectivity index (χ0) is 19.5. The second kappa shape index (κ2) is 11.5. The van der Waals surface area contributed by atoms with Crippen molar-refractivity contribution in [3.8, 4) is 0 Å². The van der Waals surface area contributed by atoms with Crippen molar-refractivity contribution in [1.29, 1.82) is 0 Å². The molecule has 10 heteroatoms. The summed E-state index contributed by atoms with van der Waals surface area (Å²) in [4.78, 5) is 45.0. The van der Waals surface area contributed by atoms with Gasteiger partial charge in [-0.2, -0.15) is 11.8 Å². The monoisotopic (exact) mass is 446 g/mol. The van der Waals surface area contributed by atoms with Gasteiger partial charge >= 0.3 is 11.9 Å². The van der Waals surface area contributed by atoms with Gasteiger partial charge in [-0.1, -0.05) is 28.1 Å². The zero-order valence-corrected chi connectivity index (χ0v) is 16.1. The summed E-state index contributed by atoms with van der Waals surface area (Å²) in [5.41, 5.74) is 1.03. The largest absolute Gasteiger partial charge is 0.481 e. The third-order valence-electron chi connectivity index (χ3n) is 3.10. The number of amides is 2. The number of hydrogen-bond acceptors (Lipinski definition) is 5. The summed E-state index contributed by atoms with van der Waals surface area (Å²) in [6, 6.07) is 6.67. The Labute approximate surface area is 162 Å². The minimum Gasteiger partial charge on any atom is -0.481 e. The second-order valence-electron chi connectivity index (χ2n) is 5.27. The third kappa shape index (κ3) is 9.42. The summed E-state index contributed by atoms with van der Waals surface area (Å²) >= 11 is 4.73. The van der Waals surface area contributed by atoms with Crippen LogP contribution < -0.4 is 10.6 Å². The normalized spacial score (nSPS) is 11.4. The molecule has 0 aliphatic rings. The third-order valence-corrected chi connectivity index (χ3v) is 4.73. The molecule has 0 unspecified atom stereocenters. The first kappa shape index (κ1) is 22.0. The van der Waals surface area contributed by atoms with E-state index in [2.05, 4.69) is 26.6 Å². The molecular formula is C16H19BrN2O6S. The lowest BCUT2D eigenvalue weighted by molar-refractivity contribution is -0.139. The average molecular weight is 447 g/mol. The van der Waals surface area contributed by atoms with Crippen molar-refractivity contribution in [3.63, 3.8) is 0 Å². The molecule has 26 heavy (non-hydrogen) atoms. The molecule has 1 aromatic carbocycles. The van der Waals surface area contributed by atoms with Crippen molar-refractivity contribution < 1.29 is 29.4 Å². The predicted molar refractivity (Wildman–Crippen MR) is 99.8 cm³/mol. The number of aliphatic carboxylic acids is 2. The van der Waals surface area contributed by atoms with Gasteiger partial charge in [0.2, 0.25) is 11.8 Å². The van der Waals surface area contributed by atoms with E-state index in [1.165, 1.54) is 11.8 Å². The first-order valence-corrected chi connectivity index (χ1v) is 9.55. The highest BCUT2D eigenvalue weighted by Gasteiger charge is 2.21. The Morgan fingerprint density at radius 2 is 1.69 bits per heavy atom. The summed E-state index contributed by atoms with van der Waals surface area (Å²) in [7, 11) is 0. The van der Waals surface area contributed by atoms with E-state index >= 15 is 0 Å². The zero-order valence-electron chi connectivity index (χ0n) is 13.7. The summed E-state index contributed by atoms with van der Waals surface area (Å²) in [6.07, 6.45) is -0.600. The van der Waals surface area contributed by atoms with E-state index < -0.39 is 36.3 Å². The first-order valence-electron chi connectivity index (χ1n) is 7.60. The van der Waals surface area contributed by atoms with E-state index in [4.69, 9.17) is 10.2 Å². The van der Waals surface area contributed by atoms with Gasteiger partial charge in [-0.15, -0.1) is 0 Å². The van der Waals surface area contributed by atoms with Gasteiger partial charge in [0.15, 0.2) is 0 Å². The highest BCUT2D eigenvalue weighted by atomic mass is 79.9. The lowest BCUT2D eigenvalue weighted by atomic mass is 10.2. The number of hydrogen-bond donors (Lipinski definition) is 4. The topological polar surface area (TPSA) is 133 Å². The number of halogens is 1. The highest BCUT2D eigenvalue weighted by Crippen LogP contribution is 2.16. The van der Waals surface area contributed by atoms with Crippen LogP contribution >= 0.6 is 27.7 Å². The highest BCUT2D eigenvalue weighted by molar-refractivity contribution is 9.10. The molecule has 0 heterocycles. The van der Waals surface area contributed by atoms with Gasteiger partial charge in [-0.3, -0.25) is 19.2 Å². The standard InChI is InChI=1S/C16H19BrN2O6S/c17-11-3-1-10(2-4-11)8-26-9-12(16(25)18-7-15(23)24)19-13(20)5-6-14(21)22/h1-4,12H,5-9H2,(H,18,25)(H,19,20)(H,21,22)(H,23,24)/t12-/m0/s1. The Kier molecular flexibility index (Phi) is 9.74. The van der Waals surface area contributed by atoms with Gasteiger partial charge in [0.05, 0.1) is 6.42 Å². The Morgan fingerprint density at radius 1 is 1.04 bits per heavy atom. The first-order chi connectivity index (χ1) is 12.3.